The smallest absolute Gasteiger partial charge is 0.314 e. The minimum Gasteiger partial charge on any atom is -0.486 e. The van der Waals surface area contributed by atoms with Gasteiger partial charge < -0.3 is 19.3 Å². The number of hydrogen-bond donors (Lipinski definition) is 1. The van der Waals surface area contributed by atoms with Gasteiger partial charge in [-0.15, -0.1) is 11.8 Å². The number of hydrogen-bond acceptors (Lipinski definition) is 8. The maximum atomic E-state index is 13.4. The number of aliphatic hydroxyl groups is 1. The van der Waals surface area contributed by atoms with E-state index < -0.39 is 25.7 Å². The molecule has 0 fully saturated rings. The molecule has 0 spiro atoms. The van der Waals surface area contributed by atoms with Gasteiger partial charge in [0.25, 0.3) is 5.56 Å². The van der Waals surface area contributed by atoms with E-state index in [9.17, 15) is 14.7 Å². The van der Waals surface area contributed by atoms with E-state index in [1.165, 1.54) is 0 Å². The van der Waals surface area contributed by atoms with E-state index in [1.807, 2.05) is 17.8 Å². The molecule has 0 radical (unpaired) electrons. The molecular weight excluding hydrogens is 496 g/mol. The monoisotopic (exact) mass is 524 g/mol. The van der Waals surface area contributed by atoms with Gasteiger partial charge in [0.15, 0.2) is 11.5 Å². The van der Waals surface area contributed by atoms with E-state index in [0.717, 1.165) is 50.2 Å². The molecule has 3 aliphatic rings. The molecule has 0 bridgehead atoms. The molecule has 3 aromatic rings. The van der Waals surface area contributed by atoms with Gasteiger partial charge in [0, 0.05) is 22.6 Å². The number of benzene rings is 1. The highest BCUT2D eigenvalue weighted by Gasteiger charge is 2.35. The lowest BCUT2D eigenvalue weighted by molar-refractivity contribution is -0.138. The third-order valence-corrected chi connectivity index (χ3v) is 11.5. The van der Waals surface area contributed by atoms with Crippen LogP contribution in [-0.2, 0) is 17.8 Å². The molecule has 36 heavy (non-hydrogen) atoms. The number of esters is 1. The highest BCUT2D eigenvalue weighted by atomic mass is 32.2. The normalized spacial score (nSPS) is 18.0. The first-order chi connectivity index (χ1) is 17.2. The largest absolute Gasteiger partial charge is 0.486 e. The van der Waals surface area contributed by atoms with Gasteiger partial charge in [-0.05, 0) is 23.4 Å². The zero-order chi connectivity index (χ0) is 25.4. The Bertz CT molecular complexity index is 1510. The second-order valence-electron chi connectivity index (χ2n) is 10.6. The summed E-state index contributed by atoms with van der Waals surface area (Å²) in [5.74, 6) is 0.800. The first kappa shape index (κ1) is 23.6. The second-order valence-corrected chi connectivity index (χ2v) is 17.6. The van der Waals surface area contributed by atoms with Gasteiger partial charge in [-0.1, -0.05) is 26.6 Å². The number of thioether (sulfide) groups is 1. The number of fused-ring (bicyclic) bond motifs is 6. The molecule has 3 aliphatic heterocycles. The Hall–Kier alpha value is -2.82. The summed E-state index contributed by atoms with van der Waals surface area (Å²) in [4.78, 5) is 31.4. The highest BCUT2D eigenvalue weighted by molar-refractivity contribution is 8.01. The average molecular weight is 525 g/mol. The molecule has 1 N–H and O–H groups in total. The van der Waals surface area contributed by atoms with Gasteiger partial charge in [-0.2, -0.15) is 0 Å². The molecule has 2 aromatic heterocycles. The Kier molecular flexibility index (Phi) is 5.47. The molecule has 0 amide bonds. The summed E-state index contributed by atoms with van der Waals surface area (Å²) in [6.45, 7) is 10.5. The number of aromatic nitrogens is 2. The summed E-state index contributed by atoms with van der Waals surface area (Å²) in [6, 6.07) is 3.69. The number of nitrogens with zero attached hydrogens (tertiary/aromatic N) is 2. The first-order valence-corrected chi connectivity index (χ1v) is 16.9. The van der Waals surface area contributed by atoms with Crippen LogP contribution in [-0.4, -0.2) is 47.3 Å². The lowest BCUT2D eigenvalue weighted by atomic mass is 9.97. The SMILES string of the molecule is CCc1c2c(nc3cc4c(c(SC[Si](C)(C)C)c13)OCCO4)-c1cc3c(c(=O)n1C2)OC(=O)C[C@H]3O. The third-order valence-electron chi connectivity index (χ3n) is 6.73. The van der Waals surface area contributed by atoms with Crippen molar-refractivity contribution in [2.75, 3.05) is 18.6 Å². The van der Waals surface area contributed by atoms with Crippen LogP contribution in [0, 0.1) is 0 Å². The van der Waals surface area contributed by atoms with Crippen LogP contribution in [0.1, 0.15) is 36.1 Å². The number of carbonyl (C=O) groups is 1. The van der Waals surface area contributed by atoms with Crippen LogP contribution in [0.2, 0.25) is 19.6 Å². The van der Waals surface area contributed by atoms with Crippen LogP contribution in [0.4, 0.5) is 0 Å². The lowest BCUT2D eigenvalue weighted by Gasteiger charge is -2.25. The number of pyridine rings is 2. The summed E-state index contributed by atoms with van der Waals surface area (Å²) < 4.78 is 19.0. The van der Waals surface area contributed by atoms with Crippen LogP contribution in [0.3, 0.4) is 0 Å². The summed E-state index contributed by atoms with van der Waals surface area (Å²) in [6.07, 6.45) is -0.492. The molecule has 8 nitrogen and oxygen atoms in total. The van der Waals surface area contributed by atoms with E-state index in [-0.39, 0.29) is 12.2 Å². The molecule has 10 heteroatoms. The van der Waals surface area contributed by atoms with Crippen molar-refractivity contribution in [2.45, 2.75) is 57.0 Å². The van der Waals surface area contributed by atoms with E-state index in [1.54, 1.807) is 10.6 Å². The van der Waals surface area contributed by atoms with Crippen molar-refractivity contribution in [1.29, 1.82) is 0 Å². The van der Waals surface area contributed by atoms with Gasteiger partial charge in [0.1, 0.15) is 13.2 Å². The van der Waals surface area contributed by atoms with Gasteiger partial charge in [0.05, 0.1) is 48.9 Å². The van der Waals surface area contributed by atoms with Crippen LogP contribution in [0.15, 0.2) is 21.8 Å². The number of aryl methyl sites for hydroxylation is 1. The Morgan fingerprint density at radius 2 is 1.94 bits per heavy atom. The maximum Gasteiger partial charge on any atom is 0.314 e. The maximum absolute atomic E-state index is 13.4. The molecule has 0 aliphatic carbocycles. The molecule has 1 atom stereocenters. The minimum absolute atomic E-state index is 0.0819. The van der Waals surface area contributed by atoms with Gasteiger partial charge >= 0.3 is 5.97 Å². The van der Waals surface area contributed by atoms with Gasteiger partial charge in [0.2, 0.25) is 5.75 Å². The second kappa shape index (κ2) is 8.36. The van der Waals surface area contributed by atoms with Gasteiger partial charge in [-0.3, -0.25) is 14.2 Å². The molecule has 0 saturated heterocycles. The van der Waals surface area contributed by atoms with Crippen molar-refractivity contribution < 1.29 is 24.1 Å². The van der Waals surface area contributed by atoms with Gasteiger partial charge in [-0.25, -0.2) is 4.98 Å². The van der Waals surface area contributed by atoms with Crippen LogP contribution < -0.4 is 19.8 Å². The van der Waals surface area contributed by atoms with Crippen LogP contribution in [0.5, 0.6) is 17.2 Å². The van der Waals surface area contributed by atoms with Crippen molar-refractivity contribution in [3.63, 3.8) is 0 Å². The summed E-state index contributed by atoms with van der Waals surface area (Å²) >= 11 is 1.81. The predicted octanol–water partition coefficient (Wildman–Crippen LogP) is 4.07. The number of ether oxygens (including phenoxy) is 3. The molecular formula is C26H28N2O6SSi. The lowest BCUT2D eigenvalue weighted by Crippen LogP contribution is -2.30. The molecule has 0 unspecified atom stereocenters. The summed E-state index contributed by atoms with van der Waals surface area (Å²) in [5, 5.41) is 12.6. The zero-order valence-electron chi connectivity index (χ0n) is 20.8. The van der Waals surface area contributed by atoms with Crippen molar-refractivity contribution in [1.82, 2.24) is 9.55 Å². The van der Waals surface area contributed by atoms with E-state index in [2.05, 4.69) is 26.6 Å². The fraction of sp³-hybridized carbons (Fsp3) is 0.423. The minimum atomic E-state index is -1.37. The van der Waals surface area contributed by atoms with Crippen molar-refractivity contribution in [3.05, 3.63) is 39.2 Å². The van der Waals surface area contributed by atoms with Crippen molar-refractivity contribution in [2.24, 2.45) is 0 Å². The molecule has 0 saturated carbocycles. The quantitative estimate of drug-likeness (QED) is 0.242. The molecule has 6 rings (SSSR count). The fourth-order valence-corrected chi connectivity index (χ4v) is 8.11. The highest BCUT2D eigenvalue weighted by Crippen LogP contribution is 2.49. The fourth-order valence-electron chi connectivity index (χ4n) is 5.13. The molecule has 188 valence electrons. The Morgan fingerprint density at radius 1 is 1.17 bits per heavy atom. The molecule has 5 heterocycles. The summed E-state index contributed by atoms with van der Waals surface area (Å²) in [7, 11) is -1.37. The van der Waals surface area contributed by atoms with E-state index >= 15 is 0 Å². The van der Waals surface area contributed by atoms with Crippen LogP contribution >= 0.6 is 11.8 Å². The molecule has 1 aromatic carbocycles. The predicted molar refractivity (Wildman–Crippen MR) is 140 cm³/mol. The Balaban J connectivity index is 1.61. The summed E-state index contributed by atoms with van der Waals surface area (Å²) in [5.41, 5.74) is 4.19. The topological polar surface area (TPSA) is 99.9 Å². The van der Waals surface area contributed by atoms with E-state index in [4.69, 9.17) is 19.2 Å². The van der Waals surface area contributed by atoms with Crippen LogP contribution in [0.25, 0.3) is 22.3 Å². The number of carbonyl (C=O) groups excluding carboxylic acids is 1. The van der Waals surface area contributed by atoms with Crippen molar-refractivity contribution >= 4 is 36.7 Å². The average Bonchev–Trinajstić information content (AvgIpc) is 3.19. The van der Waals surface area contributed by atoms with E-state index in [0.29, 0.717) is 36.8 Å². The first-order valence-electron chi connectivity index (χ1n) is 12.2. The third kappa shape index (κ3) is 3.65. The zero-order valence-corrected chi connectivity index (χ0v) is 22.6. The Labute approximate surface area is 213 Å². The number of rotatable bonds is 4. The number of aliphatic hydroxyl groups excluding tert-OH is 1. The standard InChI is InChI=1S/C26H28N2O6SSi/c1-5-13-15-11-28-17(8-14-18(29)10-20(30)34-23(14)26(28)31)22(15)27-16-9-19-24(33-7-6-32-19)25(21(13)16)35-12-36(2,3)4/h8-9,18,29H,5-7,10-12H2,1-4H3/t18-/m1/s1. The van der Waals surface area contributed by atoms with Crippen molar-refractivity contribution in [3.8, 4) is 28.6 Å². The Morgan fingerprint density at radius 3 is 2.69 bits per heavy atom.